The summed E-state index contributed by atoms with van der Waals surface area (Å²) in [5.74, 6) is 1.22. The van der Waals surface area contributed by atoms with Crippen LogP contribution in [0.25, 0.3) is 10.9 Å². The molecular formula is C16H24N2S. The van der Waals surface area contributed by atoms with E-state index in [-0.39, 0.29) is 6.04 Å². The van der Waals surface area contributed by atoms with Crippen molar-refractivity contribution in [3.05, 3.63) is 36.0 Å². The lowest BCUT2D eigenvalue weighted by molar-refractivity contribution is 0.646. The molecule has 19 heavy (non-hydrogen) atoms. The Morgan fingerprint density at radius 1 is 1.32 bits per heavy atom. The van der Waals surface area contributed by atoms with Crippen molar-refractivity contribution in [3.8, 4) is 0 Å². The fourth-order valence-corrected chi connectivity index (χ4v) is 2.80. The third-order valence-corrected chi connectivity index (χ3v) is 4.30. The lowest BCUT2D eigenvalue weighted by Crippen LogP contribution is -2.21. The largest absolute Gasteiger partial charge is 0.347 e. The molecule has 1 atom stereocenters. The van der Waals surface area contributed by atoms with Gasteiger partial charge in [0.25, 0.3) is 0 Å². The molecule has 0 amide bonds. The number of nitrogens with two attached hydrogens (primary N) is 1. The first-order valence-corrected chi connectivity index (χ1v) is 8.46. The van der Waals surface area contributed by atoms with E-state index < -0.39 is 0 Å². The molecule has 1 aromatic heterocycles. The number of hydrogen-bond donors (Lipinski definition) is 1. The van der Waals surface area contributed by atoms with Gasteiger partial charge in [-0.1, -0.05) is 19.1 Å². The van der Waals surface area contributed by atoms with Crippen LogP contribution in [-0.4, -0.2) is 22.6 Å². The van der Waals surface area contributed by atoms with Gasteiger partial charge in [-0.25, -0.2) is 0 Å². The van der Waals surface area contributed by atoms with Gasteiger partial charge in [0.05, 0.1) is 0 Å². The molecule has 0 radical (unpaired) electrons. The van der Waals surface area contributed by atoms with Crippen molar-refractivity contribution in [2.75, 3.05) is 12.0 Å². The number of nitrogens with zero attached hydrogens (tertiary/aromatic N) is 1. The molecule has 2 aromatic rings. The van der Waals surface area contributed by atoms with Gasteiger partial charge in [0, 0.05) is 24.3 Å². The molecule has 1 aromatic carbocycles. The van der Waals surface area contributed by atoms with E-state index in [0.29, 0.717) is 0 Å². The van der Waals surface area contributed by atoms with E-state index >= 15 is 0 Å². The molecule has 2 nitrogen and oxygen atoms in total. The molecule has 0 spiro atoms. The van der Waals surface area contributed by atoms with Crippen LogP contribution in [0.1, 0.15) is 25.3 Å². The molecule has 0 saturated heterocycles. The number of aromatic nitrogens is 1. The Kier molecular flexibility index (Phi) is 5.34. The normalized spacial score (nSPS) is 13.0. The minimum Gasteiger partial charge on any atom is -0.347 e. The topological polar surface area (TPSA) is 30.9 Å². The van der Waals surface area contributed by atoms with Crippen molar-refractivity contribution >= 4 is 22.7 Å². The Hall–Kier alpha value is -0.930. The van der Waals surface area contributed by atoms with E-state index in [1.165, 1.54) is 28.6 Å². The van der Waals surface area contributed by atoms with Gasteiger partial charge in [0.2, 0.25) is 0 Å². The van der Waals surface area contributed by atoms with Gasteiger partial charge in [-0.3, -0.25) is 0 Å². The summed E-state index contributed by atoms with van der Waals surface area (Å²) in [4.78, 5) is 0. The van der Waals surface area contributed by atoms with Crippen molar-refractivity contribution in [1.29, 1.82) is 0 Å². The summed E-state index contributed by atoms with van der Waals surface area (Å²) in [6.07, 6.45) is 7.60. The molecular weight excluding hydrogens is 252 g/mol. The van der Waals surface area contributed by atoms with Gasteiger partial charge in [0.1, 0.15) is 0 Å². The number of fused-ring (bicyclic) bond motifs is 1. The Morgan fingerprint density at radius 3 is 2.89 bits per heavy atom. The van der Waals surface area contributed by atoms with Crippen LogP contribution in [0.3, 0.4) is 0 Å². The maximum absolute atomic E-state index is 6.05. The first kappa shape index (κ1) is 14.5. The zero-order valence-corrected chi connectivity index (χ0v) is 12.7. The molecule has 2 N–H and O–H groups in total. The Morgan fingerprint density at radius 2 is 2.16 bits per heavy atom. The van der Waals surface area contributed by atoms with Crippen molar-refractivity contribution in [1.82, 2.24) is 4.57 Å². The van der Waals surface area contributed by atoms with Gasteiger partial charge >= 0.3 is 0 Å². The van der Waals surface area contributed by atoms with Crippen LogP contribution in [0.4, 0.5) is 0 Å². The van der Waals surface area contributed by atoms with Crippen LogP contribution in [0.5, 0.6) is 0 Å². The molecule has 0 aliphatic rings. The average Bonchev–Trinajstić information content (AvgIpc) is 2.82. The van der Waals surface area contributed by atoms with E-state index in [1.54, 1.807) is 0 Å². The average molecular weight is 276 g/mol. The van der Waals surface area contributed by atoms with Gasteiger partial charge in [-0.2, -0.15) is 11.8 Å². The fourth-order valence-electron chi connectivity index (χ4n) is 2.38. The predicted molar refractivity (Wildman–Crippen MR) is 86.9 cm³/mol. The highest BCUT2D eigenvalue weighted by molar-refractivity contribution is 7.98. The second-order valence-corrected chi connectivity index (χ2v) is 6.11. The summed E-state index contributed by atoms with van der Waals surface area (Å²) in [5, 5.41) is 1.33. The van der Waals surface area contributed by atoms with Crippen molar-refractivity contribution < 1.29 is 0 Å². The smallest absolute Gasteiger partial charge is 0.0483 e. The molecule has 2 rings (SSSR count). The van der Waals surface area contributed by atoms with Crippen LogP contribution in [0.2, 0.25) is 0 Å². The molecule has 0 fully saturated rings. The quantitative estimate of drug-likeness (QED) is 0.782. The molecule has 0 aliphatic heterocycles. The van der Waals surface area contributed by atoms with E-state index in [9.17, 15) is 0 Å². The Balaban J connectivity index is 2.17. The molecule has 0 bridgehead atoms. The summed E-state index contributed by atoms with van der Waals surface area (Å²) in [5.41, 5.74) is 8.75. The van der Waals surface area contributed by atoms with E-state index in [0.717, 1.165) is 19.4 Å². The highest BCUT2D eigenvalue weighted by Crippen LogP contribution is 2.19. The van der Waals surface area contributed by atoms with Crippen molar-refractivity contribution in [2.24, 2.45) is 5.73 Å². The van der Waals surface area contributed by atoms with E-state index in [2.05, 4.69) is 48.2 Å². The summed E-state index contributed by atoms with van der Waals surface area (Å²) < 4.78 is 2.37. The fraction of sp³-hybridized carbons (Fsp3) is 0.500. The molecule has 0 saturated carbocycles. The molecule has 3 heteroatoms. The maximum Gasteiger partial charge on any atom is 0.0483 e. The number of rotatable bonds is 7. The molecule has 0 aliphatic carbocycles. The zero-order chi connectivity index (χ0) is 13.7. The minimum absolute atomic E-state index is 0.275. The van der Waals surface area contributed by atoms with Gasteiger partial charge in [-0.05, 0) is 54.4 Å². The zero-order valence-electron chi connectivity index (χ0n) is 11.9. The second kappa shape index (κ2) is 7.01. The Bertz CT molecular complexity index is 518. The third-order valence-electron chi connectivity index (χ3n) is 3.61. The van der Waals surface area contributed by atoms with Gasteiger partial charge < -0.3 is 10.3 Å². The second-order valence-electron chi connectivity index (χ2n) is 5.12. The highest BCUT2D eigenvalue weighted by atomic mass is 32.2. The summed E-state index contributed by atoms with van der Waals surface area (Å²) in [6, 6.07) is 9.22. The minimum atomic E-state index is 0.275. The summed E-state index contributed by atoms with van der Waals surface area (Å²) >= 11 is 1.91. The van der Waals surface area contributed by atoms with Crippen LogP contribution < -0.4 is 5.73 Å². The maximum atomic E-state index is 6.05. The van der Waals surface area contributed by atoms with Crippen LogP contribution >= 0.6 is 11.8 Å². The monoisotopic (exact) mass is 276 g/mol. The van der Waals surface area contributed by atoms with Crippen LogP contribution in [0, 0.1) is 0 Å². The third kappa shape index (κ3) is 3.77. The number of benzene rings is 1. The van der Waals surface area contributed by atoms with E-state index in [1.807, 2.05) is 11.8 Å². The first-order chi connectivity index (χ1) is 9.24. The lowest BCUT2D eigenvalue weighted by atomic mass is 10.0. The molecule has 104 valence electrons. The molecule has 1 heterocycles. The summed E-state index contributed by atoms with van der Waals surface area (Å²) in [7, 11) is 0. The van der Waals surface area contributed by atoms with E-state index in [4.69, 9.17) is 5.73 Å². The Labute approximate surface area is 120 Å². The van der Waals surface area contributed by atoms with Crippen molar-refractivity contribution in [2.45, 2.75) is 38.8 Å². The lowest BCUT2D eigenvalue weighted by Gasteiger charge is -2.10. The summed E-state index contributed by atoms with van der Waals surface area (Å²) in [6.45, 7) is 3.25. The first-order valence-electron chi connectivity index (χ1n) is 7.07. The SMILES string of the molecule is CCC(N)Cc1ccc2ccn(CCCSC)c2c1. The van der Waals surface area contributed by atoms with Gasteiger partial charge in [-0.15, -0.1) is 0 Å². The predicted octanol–water partition coefficient (Wildman–Crippen LogP) is 3.67. The van der Waals surface area contributed by atoms with Gasteiger partial charge in [0.15, 0.2) is 0 Å². The number of hydrogen-bond acceptors (Lipinski definition) is 2. The van der Waals surface area contributed by atoms with Crippen molar-refractivity contribution in [3.63, 3.8) is 0 Å². The highest BCUT2D eigenvalue weighted by Gasteiger charge is 2.05. The molecule has 1 unspecified atom stereocenters. The number of aryl methyl sites for hydroxylation is 1. The van der Waals surface area contributed by atoms with Crippen LogP contribution in [0.15, 0.2) is 30.5 Å². The number of thioether (sulfide) groups is 1. The standard InChI is InChI=1S/C16H24N2S/c1-3-15(17)11-13-5-6-14-7-9-18(16(14)12-13)8-4-10-19-2/h5-7,9,12,15H,3-4,8,10-11,17H2,1-2H3. The van der Waals surface area contributed by atoms with Crippen LogP contribution in [-0.2, 0) is 13.0 Å².